The fourth-order valence-electron chi connectivity index (χ4n) is 2.13. The summed E-state index contributed by atoms with van der Waals surface area (Å²) in [5.74, 6) is 0. The van der Waals surface area contributed by atoms with Crippen molar-refractivity contribution in [2.75, 3.05) is 13.2 Å². The van der Waals surface area contributed by atoms with E-state index in [4.69, 9.17) is 9.47 Å². The first-order chi connectivity index (χ1) is 6.78. The maximum absolute atomic E-state index is 5.69. The molecule has 0 radical (unpaired) electrons. The van der Waals surface area contributed by atoms with Crippen LogP contribution in [-0.2, 0) is 21.6 Å². The average Bonchev–Trinajstić information content (AvgIpc) is 2.59. The number of hydrogen-bond donors (Lipinski definition) is 0. The van der Waals surface area contributed by atoms with Crippen molar-refractivity contribution in [3.05, 3.63) is 16.4 Å². The van der Waals surface area contributed by atoms with Crippen LogP contribution in [0.25, 0.3) is 0 Å². The van der Waals surface area contributed by atoms with Gasteiger partial charge >= 0.3 is 0 Å². The van der Waals surface area contributed by atoms with Crippen molar-refractivity contribution < 1.29 is 9.47 Å². The van der Waals surface area contributed by atoms with Gasteiger partial charge in [0.25, 0.3) is 0 Å². The van der Waals surface area contributed by atoms with Crippen molar-refractivity contribution in [3.63, 3.8) is 0 Å². The topological polar surface area (TPSA) is 39.6 Å². The van der Waals surface area contributed by atoms with Gasteiger partial charge in [-0.2, -0.15) is 5.10 Å². The highest BCUT2D eigenvalue weighted by Gasteiger charge is 2.64. The quantitative estimate of drug-likeness (QED) is 0.751. The molecule has 5 heteroatoms. The van der Waals surface area contributed by atoms with E-state index < -0.39 is 0 Å². The predicted octanol–water partition coefficient (Wildman–Crippen LogP) is 1.29. The summed E-state index contributed by atoms with van der Waals surface area (Å²) in [6.07, 6.45) is 2.06. The molecule has 2 saturated heterocycles. The lowest BCUT2D eigenvalue weighted by Gasteiger charge is -2.10. The van der Waals surface area contributed by atoms with E-state index in [1.54, 1.807) is 0 Å². The van der Waals surface area contributed by atoms with E-state index in [0.29, 0.717) is 13.2 Å². The van der Waals surface area contributed by atoms with Gasteiger partial charge in [-0.3, -0.25) is 4.68 Å². The molecule has 14 heavy (non-hydrogen) atoms. The lowest BCUT2D eigenvalue weighted by molar-refractivity contribution is 0.0659. The lowest BCUT2D eigenvalue weighted by Crippen LogP contribution is -2.19. The van der Waals surface area contributed by atoms with Gasteiger partial charge in [-0.05, 0) is 22.9 Å². The molecule has 3 heterocycles. The van der Waals surface area contributed by atoms with Crippen LogP contribution >= 0.6 is 15.9 Å². The molecule has 0 saturated carbocycles. The zero-order valence-electron chi connectivity index (χ0n) is 7.86. The van der Waals surface area contributed by atoms with E-state index >= 15 is 0 Å². The smallest absolute Gasteiger partial charge is 0.163 e. The zero-order chi connectivity index (χ0) is 9.76. The Morgan fingerprint density at radius 1 is 1.79 bits per heavy atom. The van der Waals surface area contributed by atoms with Gasteiger partial charge in [-0.15, -0.1) is 0 Å². The summed E-state index contributed by atoms with van der Waals surface area (Å²) in [6, 6.07) is 0. The minimum Gasteiger partial charge on any atom is -0.375 e. The Morgan fingerprint density at radius 3 is 3.21 bits per heavy atom. The standard InChI is InChI=1S/C9H11BrN2O2/c1-2-12-8(6(10)3-11-12)9-5-13-4-7(9)14-9/h3,7H,2,4-5H2,1H3/t7-,9+/m0/s1. The maximum atomic E-state index is 5.69. The molecule has 2 aliphatic heterocycles. The third-order valence-corrected chi connectivity index (χ3v) is 3.48. The first-order valence-electron chi connectivity index (χ1n) is 4.75. The molecule has 0 amide bonds. The number of rotatable bonds is 2. The second kappa shape index (κ2) is 2.81. The van der Waals surface area contributed by atoms with Crippen molar-refractivity contribution in [3.8, 4) is 0 Å². The Bertz CT molecular complexity index is 379. The number of halogens is 1. The summed E-state index contributed by atoms with van der Waals surface area (Å²) in [6.45, 7) is 4.30. The van der Waals surface area contributed by atoms with Gasteiger partial charge < -0.3 is 9.47 Å². The first kappa shape index (κ1) is 8.88. The van der Waals surface area contributed by atoms with Gasteiger partial charge in [0.05, 0.1) is 29.6 Å². The molecular weight excluding hydrogens is 248 g/mol. The molecule has 1 aromatic heterocycles. The minimum atomic E-state index is -0.203. The Kier molecular flexibility index (Phi) is 1.78. The largest absolute Gasteiger partial charge is 0.375 e. The highest BCUT2D eigenvalue weighted by Crippen LogP contribution is 2.52. The first-order valence-corrected chi connectivity index (χ1v) is 5.54. The van der Waals surface area contributed by atoms with Crippen LogP contribution in [0.4, 0.5) is 0 Å². The average molecular weight is 259 g/mol. The maximum Gasteiger partial charge on any atom is 0.163 e. The Morgan fingerprint density at radius 2 is 2.64 bits per heavy atom. The molecule has 3 rings (SSSR count). The van der Waals surface area contributed by atoms with Crippen LogP contribution in [0, 0.1) is 0 Å². The van der Waals surface area contributed by atoms with E-state index in [2.05, 4.69) is 28.0 Å². The van der Waals surface area contributed by atoms with Crippen molar-refractivity contribution >= 4 is 15.9 Å². The zero-order valence-corrected chi connectivity index (χ0v) is 9.45. The summed E-state index contributed by atoms with van der Waals surface area (Å²) >= 11 is 3.51. The molecule has 0 aliphatic carbocycles. The Labute approximate surface area is 90.3 Å². The number of hydrogen-bond acceptors (Lipinski definition) is 3. The molecule has 0 N–H and O–H groups in total. The van der Waals surface area contributed by atoms with E-state index in [-0.39, 0.29) is 11.7 Å². The predicted molar refractivity (Wildman–Crippen MR) is 53.0 cm³/mol. The van der Waals surface area contributed by atoms with Crippen LogP contribution in [0.3, 0.4) is 0 Å². The number of epoxide rings is 1. The van der Waals surface area contributed by atoms with E-state index in [9.17, 15) is 0 Å². The van der Waals surface area contributed by atoms with Crippen LogP contribution in [0.5, 0.6) is 0 Å². The molecule has 0 spiro atoms. The molecule has 76 valence electrons. The molecule has 0 unspecified atom stereocenters. The summed E-state index contributed by atoms with van der Waals surface area (Å²) in [5.41, 5.74) is 0.924. The van der Waals surface area contributed by atoms with Crippen LogP contribution in [0.2, 0.25) is 0 Å². The van der Waals surface area contributed by atoms with E-state index in [0.717, 1.165) is 16.7 Å². The van der Waals surface area contributed by atoms with Crippen LogP contribution in [0.15, 0.2) is 10.7 Å². The van der Waals surface area contributed by atoms with Crippen LogP contribution in [0.1, 0.15) is 12.6 Å². The number of ether oxygens (including phenoxy) is 2. The number of aromatic nitrogens is 2. The molecule has 4 nitrogen and oxygen atoms in total. The van der Waals surface area contributed by atoms with Crippen molar-refractivity contribution in [2.24, 2.45) is 0 Å². The molecule has 1 aromatic rings. The molecule has 2 aliphatic rings. The monoisotopic (exact) mass is 258 g/mol. The van der Waals surface area contributed by atoms with Crippen molar-refractivity contribution in [1.29, 1.82) is 0 Å². The van der Waals surface area contributed by atoms with Gasteiger partial charge in [0.1, 0.15) is 6.10 Å². The molecule has 0 aromatic carbocycles. The summed E-state index contributed by atoms with van der Waals surface area (Å²) in [5, 5.41) is 4.28. The van der Waals surface area contributed by atoms with Gasteiger partial charge in [-0.25, -0.2) is 0 Å². The number of aryl methyl sites for hydroxylation is 1. The fraction of sp³-hybridized carbons (Fsp3) is 0.667. The molecular formula is C9H11BrN2O2. The SMILES string of the molecule is CCn1ncc(Br)c1[C@@]12COC[C@@H]1O2. The highest BCUT2D eigenvalue weighted by atomic mass is 79.9. The Hall–Kier alpha value is -0.390. The molecule has 2 atom stereocenters. The number of nitrogens with zero attached hydrogens (tertiary/aromatic N) is 2. The van der Waals surface area contributed by atoms with Gasteiger partial charge in [0.15, 0.2) is 5.60 Å². The fourth-order valence-corrected chi connectivity index (χ4v) is 2.76. The normalized spacial score (nSPS) is 34.6. The van der Waals surface area contributed by atoms with Crippen LogP contribution < -0.4 is 0 Å². The van der Waals surface area contributed by atoms with Gasteiger partial charge in [0.2, 0.25) is 0 Å². The second-order valence-corrected chi connectivity index (χ2v) is 4.52. The second-order valence-electron chi connectivity index (χ2n) is 3.67. The third kappa shape index (κ3) is 0.975. The molecule has 0 bridgehead atoms. The minimum absolute atomic E-state index is 0.203. The van der Waals surface area contributed by atoms with Gasteiger partial charge in [0, 0.05) is 6.54 Å². The summed E-state index contributed by atoms with van der Waals surface area (Å²) < 4.78 is 14.1. The molecule has 2 fully saturated rings. The summed E-state index contributed by atoms with van der Waals surface area (Å²) in [4.78, 5) is 0. The van der Waals surface area contributed by atoms with Crippen LogP contribution in [-0.4, -0.2) is 29.1 Å². The van der Waals surface area contributed by atoms with Crippen molar-refractivity contribution in [2.45, 2.75) is 25.2 Å². The Balaban J connectivity index is 2.07. The number of fused-ring (bicyclic) bond motifs is 1. The van der Waals surface area contributed by atoms with Gasteiger partial charge in [-0.1, -0.05) is 0 Å². The lowest BCUT2D eigenvalue weighted by atomic mass is 10.0. The third-order valence-electron chi connectivity index (χ3n) is 2.90. The highest BCUT2D eigenvalue weighted by molar-refractivity contribution is 9.10. The van der Waals surface area contributed by atoms with E-state index in [1.165, 1.54) is 0 Å². The summed E-state index contributed by atoms with van der Waals surface area (Å²) in [7, 11) is 0. The van der Waals surface area contributed by atoms with E-state index in [1.807, 2.05) is 10.9 Å². The van der Waals surface area contributed by atoms with Crippen molar-refractivity contribution in [1.82, 2.24) is 9.78 Å².